The summed E-state index contributed by atoms with van der Waals surface area (Å²) in [6, 6.07) is 2.07. The lowest BCUT2D eigenvalue weighted by atomic mass is 10.1. The van der Waals surface area contributed by atoms with Crippen molar-refractivity contribution >= 4 is 11.9 Å². The number of carbonyl (C=O) groups is 2. The van der Waals surface area contributed by atoms with Crippen LogP contribution in [0.15, 0.2) is 18.2 Å². The van der Waals surface area contributed by atoms with Crippen molar-refractivity contribution in [3.05, 3.63) is 35.4 Å². The molecular weight excluding hydrogens is 218 g/mol. The van der Waals surface area contributed by atoms with Crippen LogP contribution in [0.4, 0.5) is 13.6 Å². The summed E-state index contributed by atoms with van der Waals surface area (Å²) in [5.74, 6) is -2.37. The number of halogens is 2. The van der Waals surface area contributed by atoms with Crippen LogP contribution in [-0.4, -0.2) is 18.0 Å². The van der Waals surface area contributed by atoms with E-state index < -0.39 is 29.6 Å². The lowest BCUT2D eigenvalue weighted by Crippen LogP contribution is -2.31. The molecule has 1 aromatic carbocycles. The van der Waals surface area contributed by atoms with Gasteiger partial charge in [-0.1, -0.05) is 6.07 Å². The number of amides is 3. The summed E-state index contributed by atoms with van der Waals surface area (Å²) >= 11 is 0. The van der Waals surface area contributed by atoms with E-state index in [1.807, 2.05) is 0 Å². The molecule has 0 saturated carbocycles. The number of nitrogens with one attached hydrogen (secondary N) is 2. The Morgan fingerprint density at radius 1 is 1.19 bits per heavy atom. The number of carbonyl (C=O) groups excluding carboxylic acids is 2. The predicted molar refractivity (Wildman–Crippen MR) is 50.5 cm³/mol. The van der Waals surface area contributed by atoms with Gasteiger partial charge < -0.3 is 5.32 Å². The van der Waals surface area contributed by atoms with Gasteiger partial charge in [0.25, 0.3) is 5.91 Å². The van der Waals surface area contributed by atoms with Gasteiger partial charge in [-0.3, -0.25) is 10.1 Å². The van der Waals surface area contributed by atoms with Crippen molar-refractivity contribution < 1.29 is 18.4 Å². The highest BCUT2D eigenvalue weighted by Crippen LogP contribution is 2.11. The third-order valence-corrected chi connectivity index (χ3v) is 2.28. The Labute approximate surface area is 89.6 Å². The fraction of sp³-hybridized carbons (Fsp3) is 0.200. The second-order valence-corrected chi connectivity index (χ2v) is 3.47. The molecule has 1 aliphatic rings. The van der Waals surface area contributed by atoms with E-state index in [0.29, 0.717) is 5.56 Å². The molecule has 0 aliphatic carbocycles. The van der Waals surface area contributed by atoms with Crippen LogP contribution >= 0.6 is 0 Å². The number of rotatable bonds is 2. The Hall–Kier alpha value is -1.98. The number of urea groups is 1. The highest BCUT2D eigenvalue weighted by Gasteiger charge is 2.29. The standard InChI is InChI=1S/C10H8F2N2O2/c11-6-2-1-5(3-7(6)12)4-8-9(15)14-10(16)13-8/h1-3,8H,4H2,(H2,13,14,15,16). The molecule has 0 bridgehead atoms. The van der Waals surface area contributed by atoms with E-state index in [0.717, 1.165) is 12.1 Å². The molecule has 1 heterocycles. The van der Waals surface area contributed by atoms with Crippen molar-refractivity contribution in [1.82, 2.24) is 10.6 Å². The third-order valence-electron chi connectivity index (χ3n) is 2.28. The van der Waals surface area contributed by atoms with Crippen molar-refractivity contribution in [2.45, 2.75) is 12.5 Å². The molecule has 1 atom stereocenters. The van der Waals surface area contributed by atoms with Crippen LogP contribution in [0.3, 0.4) is 0 Å². The lowest BCUT2D eigenvalue weighted by molar-refractivity contribution is -0.120. The minimum absolute atomic E-state index is 0.134. The minimum Gasteiger partial charge on any atom is -0.326 e. The predicted octanol–water partition coefficient (Wildman–Crippen LogP) is 0.715. The first-order valence-electron chi connectivity index (χ1n) is 4.61. The van der Waals surface area contributed by atoms with E-state index in [9.17, 15) is 18.4 Å². The average molecular weight is 226 g/mol. The van der Waals surface area contributed by atoms with Crippen LogP contribution in [0.5, 0.6) is 0 Å². The van der Waals surface area contributed by atoms with Gasteiger partial charge in [-0.05, 0) is 17.7 Å². The van der Waals surface area contributed by atoms with Crippen molar-refractivity contribution in [3.63, 3.8) is 0 Å². The van der Waals surface area contributed by atoms with Gasteiger partial charge in [0, 0.05) is 6.42 Å². The second kappa shape index (κ2) is 3.88. The summed E-state index contributed by atoms with van der Waals surface area (Å²) in [6.45, 7) is 0. The summed E-state index contributed by atoms with van der Waals surface area (Å²) < 4.78 is 25.5. The van der Waals surface area contributed by atoms with Crippen LogP contribution in [0, 0.1) is 11.6 Å². The topological polar surface area (TPSA) is 58.2 Å². The van der Waals surface area contributed by atoms with Gasteiger partial charge >= 0.3 is 6.03 Å². The maximum atomic E-state index is 12.9. The van der Waals surface area contributed by atoms with Gasteiger partial charge in [-0.2, -0.15) is 0 Å². The molecule has 1 aliphatic heterocycles. The van der Waals surface area contributed by atoms with E-state index in [2.05, 4.69) is 10.6 Å². The fourth-order valence-corrected chi connectivity index (χ4v) is 1.50. The van der Waals surface area contributed by atoms with Crippen LogP contribution < -0.4 is 10.6 Å². The van der Waals surface area contributed by atoms with Crippen molar-refractivity contribution in [1.29, 1.82) is 0 Å². The number of imide groups is 1. The normalized spacial score (nSPS) is 19.5. The highest BCUT2D eigenvalue weighted by atomic mass is 19.2. The van der Waals surface area contributed by atoms with E-state index in [1.54, 1.807) is 0 Å². The summed E-state index contributed by atoms with van der Waals surface area (Å²) in [5.41, 5.74) is 0.446. The molecule has 16 heavy (non-hydrogen) atoms. The number of hydrogen-bond acceptors (Lipinski definition) is 2. The Morgan fingerprint density at radius 2 is 1.94 bits per heavy atom. The summed E-state index contributed by atoms with van der Waals surface area (Å²) in [6.07, 6.45) is 0.134. The molecule has 84 valence electrons. The first-order chi connectivity index (χ1) is 7.56. The molecule has 1 aromatic rings. The number of hydrogen-bond donors (Lipinski definition) is 2. The molecule has 1 saturated heterocycles. The molecule has 6 heteroatoms. The summed E-state index contributed by atoms with van der Waals surface area (Å²) in [5, 5.41) is 4.43. The third kappa shape index (κ3) is 2.00. The second-order valence-electron chi connectivity index (χ2n) is 3.47. The summed E-state index contributed by atoms with van der Waals surface area (Å²) in [4.78, 5) is 22.0. The molecule has 0 radical (unpaired) electrons. The molecule has 2 rings (SSSR count). The summed E-state index contributed by atoms with van der Waals surface area (Å²) in [7, 11) is 0. The SMILES string of the molecule is O=C1NC(=O)C(Cc2ccc(F)c(F)c2)N1. The molecular formula is C10H8F2N2O2. The first-order valence-corrected chi connectivity index (χ1v) is 4.61. The van der Waals surface area contributed by atoms with E-state index in [4.69, 9.17) is 0 Å². The first kappa shape index (κ1) is 10.5. The van der Waals surface area contributed by atoms with Gasteiger partial charge in [0.05, 0.1) is 0 Å². The zero-order valence-electron chi connectivity index (χ0n) is 8.09. The van der Waals surface area contributed by atoms with Gasteiger partial charge in [-0.25, -0.2) is 13.6 Å². The van der Waals surface area contributed by atoms with Crippen LogP contribution in [0.25, 0.3) is 0 Å². The monoisotopic (exact) mass is 226 g/mol. The molecule has 1 fully saturated rings. The maximum Gasteiger partial charge on any atom is 0.322 e. The molecule has 0 spiro atoms. The Bertz CT molecular complexity index is 462. The molecule has 2 N–H and O–H groups in total. The van der Waals surface area contributed by atoms with Crippen LogP contribution in [-0.2, 0) is 11.2 Å². The molecule has 1 unspecified atom stereocenters. The highest BCUT2D eigenvalue weighted by molar-refractivity contribution is 6.04. The number of benzene rings is 1. The smallest absolute Gasteiger partial charge is 0.322 e. The molecule has 4 nitrogen and oxygen atoms in total. The Kier molecular flexibility index (Phi) is 2.55. The minimum atomic E-state index is -0.970. The van der Waals surface area contributed by atoms with E-state index >= 15 is 0 Å². The van der Waals surface area contributed by atoms with E-state index in [-0.39, 0.29) is 6.42 Å². The Morgan fingerprint density at radius 3 is 2.50 bits per heavy atom. The quantitative estimate of drug-likeness (QED) is 0.730. The lowest BCUT2D eigenvalue weighted by Gasteiger charge is -2.07. The van der Waals surface area contributed by atoms with Gasteiger partial charge in [-0.15, -0.1) is 0 Å². The van der Waals surface area contributed by atoms with Gasteiger partial charge in [0.2, 0.25) is 0 Å². The zero-order chi connectivity index (χ0) is 11.7. The zero-order valence-corrected chi connectivity index (χ0v) is 8.09. The van der Waals surface area contributed by atoms with Crippen molar-refractivity contribution in [3.8, 4) is 0 Å². The van der Waals surface area contributed by atoms with Crippen LogP contribution in [0.2, 0.25) is 0 Å². The average Bonchev–Trinajstić information content (AvgIpc) is 2.51. The largest absolute Gasteiger partial charge is 0.326 e. The maximum absolute atomic E-state index is 12.9. The molecule has 3 amide bonds. The Balaban J connectivity index is 2.12. The van der Waals surface area contributed by atoms with Crippen molar-refractivity contribution in [2.24, 2.45) is 0 Å². The van der Waals surface area contributed by atoms with Gasteiger partial charge in [0.1, 0.15) is 6.04 Å². The van der Waals surface area contributed by atoms with E-state index in [1.165, 1.54) is 6.07 Å². The van der Waals surface area contributed by atoms with Crippen LogP contribution in [0.1, 0.15) is 5.56 Å². The van der Waals surface area contributed by atoms with Crippen molar-refractivity contribution in [2.75, 3.05) is 0 Å². The fourth-order valence-electron chi connectivity index (χ4n) is 1.50. The van der Waals surface area contributed by atoms with Gasteiger partial charge in [0.15, 0.2) is 11.6 Å². The molecule has 0 aromatic heterocycles.